The zero-order chi connectivity index (χ0) is 24.9. The van der Waals surface area contributed by atoms with Crippen molar-refractivity contribution in [1.82, 2.24) is 30.1 Å². The number of imidazole rings is 1. The minimum Gasteiger partial charge on any atom is -0.336 e. The van der Waals surface area contributed by atoms with Gasteiger partial charge in [-0.3, -0.25) is 19.9 Å². The van der Waals surface area contributed by atoms with Gasteiger partial charge in [0.1, 0.15) is 17.0 Å². The van der Waals surface area contributed by atoms with Crippen molar-refractivity contribution in [1.29, 1.82) is 0 Å². The Kier molecular flexibility index (Phi) is 4.81. The molecule has 8 nitrogen and oxygen atoms in total. The first-order valence-electron chi connectivity index (χ1n) is 12.0. The lowest BCUT2D eigenvalue weighted by molar-refractivity contribution is -0.117. The molecule has 0 spiro atoms. The first kappa shape index (κ1) is 21.4. The summed E-state index contributed by atoms with van der Waals surface area (Å²) in [5.74, 6) is 0.462. The van der Waals surface area contributed by atoms with Crippen LogP contribution >= 0.6 is 0 Å². The second-order valence-corrected chi connectivity index (χ2v) is 9.21. The standard InChI is InChI=1S/C28H20FN7O/c29-19-6-3-15(4-7-19)24-26-23(9-10-31-24)33-27(34-26)25-21-12-17(5-8-22(21)35-36-25)18-11-20(14-30-13-18)32-28(37)16-1-2-16/h3-14,16H,1-2H2,(H,32,37)(H,33,34)(H,35,36). The summed E-state index contributed by atoms with van der Waals surface area (Å²) in [6, 6.07) is 16.0. The summed E-state index contributed by atoms with van der Waals surface area (Å²) in [5, 5.41) is 11.5. The van der Waals surface area contributed by atoms with Gasteiger partial charge in [-0.2, -0.15) is 5.10 Å². The van der Waals surface area contributed by atoms with Crippen molar-refractivity contribution in [2.75, 3.05) is 5.32 Å². The van der Waals surface area contributed by atoms with Gasteiger partial charge in [0.05, 0.1) is 28.6 Å². The Morgan fingerprint density at radius 2 is 1.76 bits per heavy atom. The Labute approximate surface area is 210 Å². The van der Waals surface area contributed by atoms with Gasteiger partial charge in [-0.05, 0) is 66.9 Å². The summed E-state index contributed by atoms with van der Waals surface area (Å²) >= 11 is 0. The maximum absolute atomic E-state index is 13.4. The highest BCUT2D eigenvalue weighted by Gasteiger charge is 2.29. The summed E-state index contributed by atoms with van der Waals surface area (Å²) in [6.07, 6.45) is 7.03. The van der Waals surface area contributed by atoms with Gasteiger partial charge >= 0.3 is 0 Å². The summed E-state index contributed by atoms with van der Waals surface area (Å²) in [6.45, 7) is 0. The summed E-state index contributed by atoms with van der Waals surface area (Å²) in [4.78, 5) is 29.2. The lowest BCUT2D eigenvalue weighted by Crippen LogP contribution is -2.13. The van der Waals surface area contributed by atoms with Gasteiger partial charge in [0.15, 0.2) is 5.82 Å². The monoisotopic (exact) mass is 489 g/mol. The number of nitrogens with zero attached hydrogens (tertiary/aromatic N) is 4. The molecule has 7 rings (SSSR count). The predicted molar refractivity (Wildman–Crippen MR) is 139 cm³/mol. The number of aromatic amines is 2. The molecule has 0 aliphatic heterocycles. The van der Waals surface area contributed by atoms with Crippen LogP contribution in [0.1, 0.15) is 12.8 Å². The topological polar surface area (TPSA) is 112 Å². The third kappa shape index (κ3) is 3.90. The van der Waals surface area contributed by atoms with Crippen LogP contribution in [0.15, 0.2) is 73.2 Å². The number of rotatable bonds is 5. The van der Waals surface area contributed by atoms with E-state index in [1.807, 2.05) is 30.3 Å². The number of hydrogen-bond acceptors (Lipinski definition) is 5. The van der Waals surface area contributed by atoms with Gasteiger partial charge in [0.25, 0.3) is 0 Å². The molecule has 1 fully saturated rings. The molecule has 0 atom stereocenters. The number of carbonyl (C=O) groups is 1. The van der Waals surface area contributed by atoms with E-state index in [2.05, 4.69) is 30.5 Å². The summed E-state index contributed by atoms with van der Waals surface area (Å²) in [5.41, 5.74) is 6.97. The number of halogens is 1. The van der Waals surface area contributed by atoms with Gasteiger partial charge in [-0.15, -0.1) is 0 Å². The Hall–Kier alpha value is -4.92. The summed E-state index contributed by atoms with van der Waals surface area (Å²) in [7, 11) is 0. The number of H-pyrrole nitrogens is 2. The van der Waals surface area contributed by atoms with E-state index in [4.69, 9.17) is 4.98 Å². The molecule has 0 saturated heterocycles. The van der Waals surface area contributed by atoms with Crippen LogP contribution in [0.3, 0.4) is 0 Å². The number of aromatic nitrogens is 6. The number of hydrogen-bond donors (Lipinski definition) is 3. The van der Waals surface area contributed by atoms with Crippen molar-refractivity contribution in [2.24, 2.45) is 5.92 Å². The first-order valence-corrected chi connectivity index (χ1v) is 12.0. The minimum absolute atomic E-state index is 0.0471. The molecule has 0 unspecified atom stereocenters. The van der Waals surface area contributed by atoms with E-state index < -0.39 is 0 Å². The fourth-order valence-corrected chi connectivity index (χ4v) is 4.50. The maximum Gasteiger partial charge on any atom is 0.227 e. The zero-order valence-corrected chi connectivity index (χ0v) is 19.5. The maximum atomic E-state index is 13.4. The van der Waals surface area contributed by atoms with Crippen molar-refractivity contribution in [3.8, 4) is 33.9 Å². The van der Waals surface area contributed by atoms with E-state index in [0.29, 0.717) is 28.4 Å². The molecule has 37 heavy (non-hydrogen) atoms. The molecule has 2 aromatic carbocycles. The van der Waals surface area contributed by atoms with E-state index in [9.17, 15) is 9.18 Å². The zero-order valence-electron chi connectivity index (χ0n) is 19.5. The van der Waals surface area contributed by atoms with Gasteiger partial charge in [0, 0.05) is 34.8 Å². The van der Waals surface area contributed by atoms with Crippen LogP contribution in [-0.4, -0.2) is 36.0 Å². The molecule has 0 bridgehead atoms. The van der Waals surface area contributed by atoms with Crippen LogP contribution in [-0.2, 0) is 4.79 Å². The molecule has 4 heterocycles. The molecular formula is C28H20FN7O. The highest BCUT2D eigenvalue weighted by atomic mass is 19.1. The number of carbonyl (C=O) groups excluding carboxylic acids is 1. The smallest absolute Gasteiger partial charge is 0.227 e. The van der Waals surface area contributed by atoms with E-state index in [1.165, 1.54) is 12.1 Å². The van der Waals surface area contributed by atoms with Crippen LogP contribution in [0.25, 0.3) is 55.8 Å². The molecule has 4 aromatic heterocycles. The van der Waals surface area contributed by atoms with E-state index >= 15 is 0 Å². The normalized spacial score (nSPS) is 13.3. The third-order valence-electron chi connectivity index (χ3n) is 6.59. The number of benzene rings is 2. The third-order valence-corrected chi connectivity index (χ3v) is 6.59. The lowest BCUT2D eigenvalue weighted by atomic mass is 10.0. The number of anilines is 1. The Bertz CT molecular complexity index is 1800. The fourth-order valence-electron chi connectivity index (χ4n) is 4.50. The quantitative estimate of drug-likeness (QED) is 0.287. The van der Waals surface area contributed by atoms with Crippen LogP contribution in [0.4, 0.5) is 10.1 Å². The second kappa shape index (κ2) is 8.34. The van der Waals surface area contributed by atoms with Gasteiger partial charge in [0.2, 0.25) is 5.91 Å². The highest BCUT2D eigenvalue weighted by molar-refractivity contribution is 5.98. The van der Waals surface area contributed by atoms with Crippen LogP contribution in [0.5, 0.6) is 0 Å². The SMILES string of the molecule is O=C(Nc1cncc(-c2ccc3[nH]nc(-c4nc5c(-c6ccc(F)cc6)nccc5[nH]4)c3c2)c1)C1CC1. The molecule has 1 saturated carbocycles. The van der Waals surface area contributed by atoms with Gasteiger partial charge in [-0.25, -0.2) is 9.37 Å². The molecule has 180 valence electrons. The second-order valence-electron chi connectivity index (χ2n) is 9.21. The largest absolute Gasteiger partial charge is 0.336 e. The number of pyridine rings is 2. The summed E-state index contributed by atoms with van der Waals surface area (Å²) < 4.78 is 13.4. The minimum atomic E-state index is -0.302. The van der Waals surface area contributed by atoms with Crippen molar-refractivity contribution in [2.45, 2.75) is 12.8 Å². The molecule has 9 heteroatoms. The molecule has 3 N–H and O–H groups in total. The van der Waals surface area contributed by atoms with Crippen molar-refractivity contribution >= 4 is 33.5 Å². The number of nitrogens with one attached hydrogen (secondary N) is 3. The van der Waals surface area contributed by atoms with Gasteiger partial charge in [-0.1, -0.05) is 6.07 Å². The van der Waals surface area contributed by atoms with E-state index in [0.717, 1.165) is 46.0 Å². The number of fused-ring (bicyclic) bond motifs is 2. The van der Waals surface area contributed by atoms with Crippen LogP contribution < -0.4 is 5.32 Å². The first-order chi connectivity index (χ1) is 18.1. The number of amides is 1. The molecule has 1 amide bonds. The predicted octanol–water partition coefficient (Wildman–Crippen LogP) is 5.72. The fraction of sp³-hybridized carbons (Fsp3) is 0.107. The molecule has 0 radical (unpaired) electrons. The molecular weight excluding hydrogens is 469 g/mol. The van der Waals surface area contributed by atoms with Crippen molar-refractivity contribution in [3.63, 3.8) is 0 Å². The van der Waals surface area contributed by atoms with Crippen molar-refractivity contribution < 1.29 is 9.18 Å². The molecule has 1 aliphatic rings. The van der Waals surface area contributed by atoms with Crippen molar-refractivity contribution in [3.05, 3.63) is 79.0 Å². The van der Waals surface area contributed by atoms with Crippen LogP contribution in [0.2, 0.25) is 0 Å². The van der Waals surface area contributed by atoms with Gasteiger partial charge < -0.3 is 10.3 Å². The Balaban J connectivity index is 1.28. The van der Waals surface area contributed by atoms with Crippen LogP contribution in [0, 0.1) is 11.7 Å². The molecule has 1 aliphatic carbocycles. The Morgan fingerprint density at radius 1 is 0.919 bits per heavy atom. The average Bonchev–Trinajstić information content (AvgIpc) is 3.55. The Morgan fingerprint density at radius 3 is 2.59 bits per heavy atom. The van der Waals surface area contributed by atoms with E-state index in [-0.39, 0.29) is 17.6 Å². The van der Waals surface area contributed by atoms with E-state index in [1.54, 1.807) is 30.7 Å². The lowest BCUT2D eigenvalue weighted by Gasteiger charge is -2.07. The molecule has 6 aromatic rings. The highest BCUT2D eigenvalue weighted by Crippen LogP contribution is 2.33. The average molecular weight is 490 g/mol.